The van der Waals surface area contributed by atoms with Gasteiger partial charge in [-0.1, -0.05) is 48.0 Å². The highest BCUT2D eigenvalue weighted by Crippen LogP contribution is 2.40. The van der Waals surface area contributed by atoms with Crippen LogP contribution in [-0.2, 0) is 0 Å². The van der Waals surface area contributed by atoms with E-state index in [0.717, 1.165) is 5.92 Å². The lowest BCUT2D eigenvalue weighted by molar-refractivity contribution is 0.0639. The monoisotopic (exact) mass is 186 g/mol. The summed E-state index contributed by atoms with van der Waals surface area (Å²) >= 11 is 0. The molecule has 1 heteroatoms. The third-order valence-electron chi connectivity index (χ3n) is 4.20. The molecule has 80 valence electrons. The predicted molar refractivity (Wildman–Crippen MR) is 58.6 cm³/mol. The molecule has 0 rings (SSSR count). The van der Waals surface area contributed by atoms with E-state index in [0.29, 0.717) is 23.9 Å². The van der Waals surface area contributed by atoms with Gasteiger partial charge >= 0.3 is 0 Å². The second kappa shape index (κ2) is 4.99. The topological polar surface area (TPSA) is 20.2 Å². The van der Waals surface area contributed by atoms with Crippen LogP contribution in [0.5, 0.6) is 0 Å². The van der Waals surface area contributed by atoms with Crippen LogP contribution in [0.15, 0.2) is 0 Å². The van der Waals surface area contributed by atoms with E-state index >= 15 is 0 Å². The molecule has 13 heavy (non-hydrogen) atoms. The first kappa shape index (κ1) is 13.0. The summed E-state index contributed by atoms with van der Waals surface area (Å²) in [6.45, 7) is 13.9. The van der Waals surface area contributed by atoms with Crippen molar-refractivity contribution in [2.45, 2.75) is 48.0 Å². The molecule has 0 aromatic carbocycles. The lowest BCUT2D eigenvalue weighted by Gasteiger charge is -2.40. The van der Waals surface area contributed by atoms with Crippen molar-refractivity contribution in [2.75, 3.05) is 6.61 Å². The Labute approximate surface area is 83.5 Å². The fourth-order valence-corrected chi connectivity index (χ4v) is 1.87. The molecule has 0 fully saturated rings. The van der Waals surface area contributed by atoms with E-state index in [4.69, 9.17) is 5.11 Å². The average molecular weight is 186 g/mol. The van der Waals surface area contributed by atoms with Crippen LogP contribution in [0.4, 0.5) is 0 Å². The van der Waals surface area contributed by atoms with Crippen LogP contribution in [0, 0.1) is 23.2 Å². The maximum Gasteiger partial charge on any atom is 0.0459 e. The summed E-state index contributed by atoms with van der Waals surface area (Å²) < 4.78 is 0. The second-order valence-electron chi connectivity index (χ2n) is 5.08. The van der Waals surface area contributed by atoms with Gasteiger partial charge in [-0.2, -0.15) is 0 Å². The molecule has 0 saturated carbocycles. The quantitative estimate of drug-likeness (QED) is 0.698. The maximum absolute atomic E-state index is 9.12. The Morgan fingerprint density at radius 1 is 1.15 bits per heavy atom. The molecule has 1 N–H and O–H groups in total. The van der Waals surface area contributed by atoms with Gasteiger partial charge < -0.3 is 5.11 Å². The van der Waals surface area contributed by atoms with E-state index in [-0.39, 0.29) is 0 Å². The van der Waals surface area contributed by atoms with Crippen LogP contribution in [0.25, 0.3) is 0 Å². The fraction of sp³-hybridized carbons (Fsp3) is 1.00. The predicted octanol–water partition coefficient (Wildman–Crippen LogP) is 3.32. The minimum Gasteiger partial charge on any atom is -0.396 e. The van der Waals surface area contributed by atoms with Crippen LogP contribution >= 0.6 is 0 Å². The van der Waals surface area contributed by atoms with Gasteiger partial charge in [0.2, 0.25) is 0 Å². The first-order valence-electron chi connectivity index (χ1n) is 5.48. The fourth-order valence-electron chi connectivity index (χ4n) is 1.87. The zero-order valence-corrected chi connectivity index (χ0v) is 10.1. The number of aliphatic hydroxyl groups is 1. The van der Waals surface area contributed by atoms with E-state index in [9.17, 15) is 0 Å². The number of hydrogen-bond donors (Lipinski definition) is 1. The number of aliphatic hydroxyl groups excluding tert-OH is 1. The molecule has 0 aliphatic heterocycles. The van der Waals surface area contributed by atoms with Crippen LogP contribution in [0.3, 0.4) is 0 Å². The molecule has 0 saturated heterocycles. The highest BCUT2D eigenvalue weighted by Gasteiger charge is 2.33. The first-order chi connectivity index (χ1) is 5.87. The number of rotatable bonds is 5. The van der Waals surface area contributed by atoms with Crippen molar-refractivity contribution < 1.29 is 5.11 Å². The summed E-state index contributed by atoms with van der Waals surface area (Å²) in [5, 5.41) is 9.12. The molecule has 0 aromatic heterocycles. The van der Waals surface area contributed by atoms with Crippen LogP contribution < -0.4 is 0 Å². The first-order valence-corrected chi connectivity index (χ1v) is 5.48. The Balaban J connectivity index is 4.42. The van der Waals surface area contributed by atoms with Crippen molar-refractivity contribution in [3.05, 3.63) is 0 Å². The number of hydrogen-bond acceptors (Lipinski definition) is 1. The zero-order valence-electron chi connectivity index (χ0n) is 10.1. The Morgan fingerprint density at radius 2 is 1.62 bits per heavy atom. The molecule has 0 aromatic rings. The van der Waals surface area contributed by atoms with Crippen molar-refractivity contribution in [3.63, 3.8) is 0 Å². The summed E-state index contributed by atoms with van der Waals surface area (Å²) in [5.74, 6) is 1.70. The van der Waals surface area contributed by atoms with Gasteiger partial charge in [0.15, 0.2) is 0 Å². The Bertz CT molecular complexity index is 140. The third kappa shape index (κ3) is 2.98. The molecular weight excluding hydrogens is 160 g/mol. The molecule has 0 spiro atoms. The summed E-state index contributed by atoms with van der Waals surface area (Å²) in [4.78, 5) is 0. The van der Waals surface area contributed by atoms with Crippen molar-refractivity contribution >= 4 is 0 Å². The molecule has 3 unspecified atom stereocenters. The molecule has 0 bridgehead atoms. The van der Waals surface area contributed by atoms with E-state index in [1.54, 1.807) is 0 Å². The summed E-state index contributed by atoms with van der Waals surface area (Å²) in [6, 6.07) is 0. The van der Waals surface area contributed by atoms with Gasteiger partial charge in [-0.3, -0.25) is 0 Å². The lowest BCUT2D eigenvalue weighted by atomic mass is 9.66. The second-order valence-corrected chi connectivity index (χ2v) is 5.08. The van der Waals surface area contributed by atoms with Gasteiger partial charge in [0, 0.05) is 6.61 Å². The maximum atomic E-state index is 9.12. The van der Waals surface area contributed by atoms with E-state index in [1.807, 2.05) is 0 Å². The van der Waals surface area contributed by atoms with Crippen LogP contribution in [0.1, 0.15) is 48.0 Å². The third-order valence-corrected chi connectivity index (χ3v) is 4.20. The van der Waals surface area contributed by atoms with Gasteiger partial charge in [0.25, 0.3) is 0 Å². The van der Waals surface area contributed by atoms with E-state index in [1.165, 1.54) is 6.42 Å². The standard InChI is InChI=1S/C12H26O/c1-7-10(3)12(5,6)11(4)9(2)8-13/h9-11,13H,7-8H2,1-6H3. The lowest BCUT2D eigenvalue weighted by Crippen LogP contribution is -2.34. The SMILES string of the molecule is CCC(C)C(C)(C)C(C)C(C)CO. The van der Waals surface area contributed by atoms with Crippen molar-refractivity contribution in [3.8, 4) is 0 Å². The van der Waals surface area contributed by atoms with Gasteiger partial charge in [0.1, 0.15) is 0 Å². The largest absolute Gasteiger partial charge is 0.396 e. The van der Waals surface area contributed by atoms with Crippen LogP contribution in [0.2, 0.25) is 0 Å². The smallest absolute Gasteiger partial charge is 0.0459 e. The summed E-state index contributed by atoms with van der Waals surface area (Å²) in [5.41, 5.74) is 0.330. The van der Waals surface area contributed by atoms with E-state index in [2.05, 4.69) is 41.5 Å². The van der Waals surface area contributed by atoms with Crippen LogP contribution in [-0.4, -0.2) is 11.7 Å². The van der Waals surface area contributed by atoms with Crippen molar-refractivity contribution in [1.29, 1.82) is 0 Å². The molecule has 3 atom stereocenters. The molecule has 0 radical (unpaired) electrons. The van der Waals surface area contributed by atoms with Gasteiger partial charge in [-0.05, 0) is 23.2 Å². The average Bonchev–Trinajstić information content (AvgIpc) is 2.13. The van der Waals surface area contributed by atoms with Gasteiger partial charge in [-0.15, -0.1) is 0 Å². The van der Waals surface area contributed by atoms with Crippen molar-refractivity contribution in [1.82, 2.24) is 0 Å². The Hall–Kier alpha value is -0.0400. The molecule has 0 amide bonds. The summed E-state index contributed by atoms with van der Waals surface area (Å²) in [7, 11) is 0. The molecule has 0 heterocycles. The van der Waals surface area contributed by atoms with Gasteiger partial charge in [0.05, 0.1) is 0 Å². The highest BCUT2D eigenvalue weighted by atomic mass is 16.3. The minimum absolute atomic E-state index is 0.307. The normalized spacial score (nSPS) is 19.6. The molecule has 0 aliphatic carbocycles. The van der Waals surface area contributed by atoms with Gasteiger partial charge in [-0.25, -0.2) is 0 Å². The van der Waals surface area contributed by atoms with E-state index < -0.39 is 0 Å². The Morgan fingerprint density at radius 3 is 1.92 bits per heavy atom. The highest BCUT2D eigenvalue weighted by molar-refractivity contribution is 4.82. The zero-order chi connectivity index (χ0) is 10.6. The molecular formula is C12H26O. The van der Waals surface area contributed by atoms with Crippen molar-refractivity contribution in [2.24, 2.45) is 23.2 Å². The summed E-state index contributed by atoms with van der Waals surface area (Å²) in [6.07, 6.45) is 1.22. The minimum atomic E-state index is 0.307. The Kier molecular flexibility index (Phi) is 4.98. The molecule has 0 aliphatic rings. The molecule has 1 nitrogen and oxygen atoms in total.